The predicted molar refractivity (Wildman–Crippen MR) is 62.1 cm³/mol. The normalized spacial score (nSPS) is 8.71. The number of carboxylic acid groups (broad SMARTS) is 1. The molecule has 0 unspecified atom stereocenters. The second-order valence-corrected chi connectivity index (χ2v) is 3.51. The predicted octanol–water partition coefficient (Wildman–Crippen LogP) is 3.57. The van der Waals surface area contributed by atoms with Crippen molar-refractivity contribution in [1.29, 1.82) is 0 Å². The Bertz CT molecular complexity index is 245. The number of aromatic carboxylic acids is 1. The monoisotopic (exact) mass is 258 g/mol. The summed E-state index contributed by atoms with van der Waals surface area (Å²) in [6.45, 7) is 2.18. The molecule has 2 nitrogen and oxygen atoms in total. The van der Waals surface area contributed by atoms with Gasteiger partial charge in [0.25, 0.3) is 0 Å². The summed E-state index contributed by atoms with van der Waals surface area (Å²) in [6, 6.07) is 8.30. The third-order valence-electron chi connectivity index (χ3n) is 1.51. The van der Waals surface area contributed by atoms with E-state index in [2.05, 4.69) is 22.9 Å². The van der Waals surface area contributed by atoms with E-state index in [0.29, 0.717) is 5.56 Å². The molecule has 0 aliphatic carbocycles. The Morgan fingerprint density at radius 2 is 1.93 bits per heavy atom. The van der Waals surface area contributed by atoms with Gasteiger partial charge in [-0.2, -0.15) is 0 Å². The van der Waals surface area contributed by atoms with Gasteiger partial charge in [0.05, 0.1) is 5.56 Å². The molecule has 1 rings (SSSR count). The van der Waals surface area contributed by atoms with Crippen molar-refractivity contribution < 1.29 is 9.90 Å². The number of rotatable bonds is 3. The molecule has 78 valence electrons. The van der Waals surface area contributed by atoms with E-state index in [1.807, 2.05) is 0 Å². The number of benzene rings is 1. The van der Waals surface area contributed by atoms with Gasteiger partial charge in [0.1, 0.15) is 0 Å². The van der Waals surface area contributed by atoms with Crippen LogP contribution in [-0.4, -0.2) is 16.4 Å². The van der Waals surface area contributed by atoms with Gasteiger partial charge in [-0.25, -0.2) is 4.79 Å². The molecule has 14 heavy (non-hydrogen) atoms. The minimum atomic E-state index is -0.879. The van der Waals surface area contributed by atoms with Crippen LogP contribution in [0.1, 0.15) is 30.1 Å². The maximum atomic E-state index is 10.2. The Balaban J connectivity index is 0.000000292. The lowest BCUT2D eigenvalue weighted by Gasteiger charge is -1.88. The van der Waals surface area contributed by atoms with E-state index in [4.69, 9.17) is 5.11 Å². The lowest BCUT2D eigenvalue weighted by Crippen LogP contribution is -1.93. The molecule has 1 aromatic carbocycles. The van der Waals surface area contributed by atoms with Crippen molar-refractivity contribution >= 4 is 21.9 Å². The molecule has 3 heteroatoms. The maximum Gasteiger partial charge on any atom is 0.335 e. The highest BCUT2D eigenvalue weighted by molar-refractivity contribution is 9.09. The molecular weight excluding hydrogens is 244 g/mol. The summed E-state index contributed by atoms with van der Waals surface area (Å²) < 4.78 is 0. The van der Waals surface area contributed by atoms with Gasteiger partial charge in [-0.3, -0.25) is 0 Å². The largest absolute Gasteiger partial charge is 0.478 e. The second-order valence-electron chi connectivity index (χ2n) is 2.71. The third-order valence-corrected chi connectivity index (χ3v) is 2.07. The number of unbranched alkanes of at least 4 members (excludes halogenated alkanes) is 1. The Morgan fingerprint density at radius 3 is 2.14 bits per heavy atom. The molecule has 0 saturated carbocycles. The average Bonchev–Trinajstić information content (AvgIpc) is 2.21. The number of carboxylic acids is 1. The first-order valence-corrected chi connectivity index (χ1v) is 5.68. The summed E-state index contributed by atoms with van der Waals surface area (Å²) in [6.07, 6.45) is 2.60. The van der Waals surface area contributed by atoms with Crippen LogP contribution in [0.4, 0.5) is 0 Å². The van der Waals surface area contributed by atoms with Gasteiger partial charge in [0, 0.05) is 5.33 Å². The molecule has 0 heterocycles. The van der Waals surface area contributed by atoms with E-state index in [9.17, 15) is 4.79 Å². The highest BCUT2D eigenvalue weighted by Crippen LogP contribution is 1.96. The molecule has 0 aromatic heterocycles. The van der Waals surface area contributed by atoms with Crippen LogP contribution in [0.2, 0.25) is 0 Å². The molecule has 0 aliphatic heterocycles. The first-order valence-electron chi connectivity index (χ1n) is 4.56. The zero-order chi connectivity index (χ0) is 10.8. The van der Waals surface area contributed by atoms with Gasteiger partial charge < -0.3 is 5.11 Å². The van der Waals surface area contributed by atoms with Gasteiger partial charge in [0.2, 0.25) is 0 Å². The fraction of sp³-hybridized carbons (Fsp3) is 0.364. The summed E-state index contributed by atoms with van der Waals surface area (Å²) in [5.41, 5.74) is 0.331. The molecule has 0 fully saturated rings. The maximum absolute atomic E-state index is 10.2. The number of carbonyl (C=O) groups is 1. The SMILES string of the molecule is CCCCBr.O=C(O)c1ccccc1. The van der Waals surface area contributed by atoms with Gasteiger partial charge in [0.15, 0.2) is 0 Å². The van der Waals surface area contributed by atoms with E-state index >= 15 is 0 Å². The number of alkyl halides is 1. The van der Waals surface area contributed by atoms with Crippen LogP contribution >= 0.6 is 15.9 Å². The Kier molecular flexibility index (Phi) is 8.24. The van der Waals surface area contributed by atoms with Crippen molar-refractivity contribution in [3.8, 4) is 0 Å². The lowest BCUT2D eigenvalue weighted by atomic mass is 10.2. The molecule has 0 radical (unpaired) electrons. The van der Waals surface area contributed by atoms with Gasteiger partial charge >= 0.3 is 5.97 Å². The van der Waals surface area contributed by atoms with Crippen molar-refractivity contribution in [2.24, 2.45) is 0 Å². The van der Waals surface area contributed by atoms with E-state index in [-0.39, 0.29) is 0 Å². The Morgan fingerprint density at radius 1 is 1.36 bits per heavy atom. The number of hydrogen-bond donors (Lipinski definition) is 1. The van der Waals surface area contributed by atoms with Crippen molar-refractivity contribution in [2.45, 2.75) is 19.8 Å². The minimum absolute atomic E-state index is 0.331. The van der Waals surface area contributed by atoms with Crippen molar-refractivity contribution in [3.63, 3.8) is 0 Å². The van der Waals surface area contributed by atoms with Crippen LogP contribution in [0.5, 0.6) is 0 Å². The topological polar surface area (TPSA) is 37.3 Å². The summed E-state index contributed by atoms with van der Waals surface area (Å²) in [7, 11) is 0. The molecule has 1 aromatic rings. The van der Waals surface area contributed by atoms with Gasteiger partial charge in [-0.15, -0.1) is 0 Å². The molecule has 0 atom stereocenters. The first kappa shape index (κ1) is 13.2. The fourth-order valence-electron chi connectivity index (χ4n) is 0.714. The van der Waals surface area contributed by atoms with Gasteiger partial charge in [-0.05, 0) is 18.6 Å². The zero-order valence-electron chi connectivity index (χ0n) is 8.24. The van der Waals surface area contributed by atoms with E-state index < -0.39 is 5.97 Å². The van der Waals surface area contributed by atoms with E-state index in [0.717, 1.165) is 5.33 Å². The average molecular weight is 259 g/mol. The molecule has 0 aliphatic rings. The lowest BCUT2D eigenvalue weighted by molar-refractivity contribution is 0.0697. The van der Waals surface area contributed by atoms with Crippen LogP contribution < -0.4 is 0 Å². The minimum Gasteiger partial charge on any atom is -0.478 e. The highest BCUT2D eigenvalue weighted by atomic mass is 79.9. The molecule has 0 spiro atoms. The Hall–Kier alpha value is -0.830. The summed E-state index contributed by atoms with van der Waals surface area (Å²) in [4.78, 5) is 10.2. The molecule has 0 saturated heterocycles. The van der Waals surface area contributed by atoms with Crippen LogP contribution in [-0.2, 0) is 0 Å². The fourth-order valence-corrected chi connectivity index (χ4v) is 1.28. The first-order chi connectivity index (χ1) is 6.72. The van der Waals surface area contributed by atoms with Crippen molar-refractivity contribution in [1.82, 2.24) is 0 Å². The highest BCUT2D eigenvalue weighted by Gasteiger charge is 1.96. The van der Waals surface area contributed by atoms with Crippen LogP contribution in [0.3, 0.4) is 0 Å². The Labute approximate surface area is 93.1 Å². The standard InChI is InChI=1S/C7H6O2.C4H9Br/c8-7(9)6-4-2-1-3-5-6;1-2-3-4-5/h1-5H,(H,8,9);2-4H2,1H3. The second kappa shape index (κ2) is 8.75. The summed E-state index contributed by atoms with van der Waals surface area (Å²) in [5.74, 6) is -0.879. The molecule has 0 bridgehead atoms. The zero-order valence-corrected chi connectivity index (χ0v) is 9.83. The van der Waals surface area contributed by atoms with Gasteiger partial charge in [-0.1, -0.05) is 47.5 Å². The third kappa shape index (κ3) is 6.66. The van der Waals surface area contributed by atoms with E-state index in [1.165, 1.54) is 12.8 Å². The van der Waals surface area contributed by atoms with Crippen molar-refractivity contribution in [3.05, 3.63) is 35.9 Å². The summed E-state index contributed by atoms with van der Waals surface area (Å²) in [5, 5.41) is 9.54. The summed E-state index contributed by atoms with van der Waals surface area (Å²) >= 11 is 3.31. The van der Waals surface area contributed by atoms with E-state index in [1.54, 1.807) is 30.3 Å². The number of halogens is 1. The molecule has 0 amide bonds. The quantitative estimate of drug-likeness (QED) is 0.842. The molecular formula is C11H15BrO2. The van der Waals surface area contributed by atoms with Crippen LogP contribution in [0, 0.1) is 0 Å². The number of hydrogen-bond acceptors (Lipinski definition) is 1. The van der Waals surface area contributed by atoms with Crippen LogP contribution in [0.15, 0.2) is 30.3 Å². The molecule has 1 N–H and O–H groups in total. The van der Waals surface area contributed by atoms with Crippen LogP contribution in [0.25, 0.3) is 0 Å². The van der Waals surface area contributed by atoms with Crippen molar-refractivity contribution in [2.75, 3.05) is 5.33 Å². The smallest absolute Gasteiger partial charge is 0.335 e.